The molecule has 0 radical (unpaired) electrons. The molecule has 0 aromatic heterocycles. The van der Waals surface area contributed by atoms with Crippen molar-refractivity contribution in [3.63, 3.8) is 0 Å². The van der Waals surface area contributed by atoms with Gasteiger partial charge in [0, 0.05) is 11.8 Å². The van der Waals surface area contributed by atoms with Crippen LogP contribution in [0.2, 0.25) is 0 Å². The maximum Gasteiger partial charge on any atom is 0.230 e. The highest BCUT2D eigenvalue weighted by molar-refractivity contribution is 7.99. The first-order valence-electron chi connectivity index (χ1n) is 6.02. The Hall–Kier alpha value is -1.47. The van der Waals surface area contributed by atoms with Crippen LogP contribution in [0.1, 0.15) is 31.4 Å². The van der Waals surface area contributed by atoms with Gasteiger partial charge in [0.2, 0.25) is 5.91 Å². The van der Waals surface area contributed by atoms with Crippen LogP contribution in [0.3, 0.4) is 0 Å². The molecule has 0 spiro atoms. The molecule has 0 aliphatic rings. The number of rotatable bonds is 6. The summed E-state index contributed by atoms with van der Waals surface area (Å²) in [6, 6.07) is 9.88. The number of carbonyl (C=O) groups is 1. The van der Waals surface area contributed by atoms with Gasteiger partial charge in [-0.1, -0.05) is 25.1 Å². The summed E-state index contributed by atoms with van der Waals surface area (Å²) in [6.45, 7) is 4.04. The first-order chi connectivity index (χ1) is 8.67. The molecule has 18 heavy (non-hydrogen) atoms. The predicted molar refractivity (Wildman–Crippen MR) is 75.2 cm³/mol. The molecule has 0 aliphatic heterocycles. The number of hydrogen-bond donors (Lipinski definition) is 1. The second-order valence-electron chi connectivity index (χ2n) is 4.14. The number of thioether (sulfide) groups is 1. The van der Waals surface area contributed by atoms with Crippen molar-refractivity contribution in [2.75, 3.05) is 5.75 Å². The zero-order valence-corrected chi connectivity index (χ0v) is 11.6. The first-order valence-corrected chi connectivity index (χ1v) is 7.18. The molecule has 96 valence electrons. The van der Waals surface area contributed by atoms with Gasteiger partial charge in [0.05, 0.1) is 17.4 Å². The molecule has 0 bridgehead atoms. The van der Waals surface area contributed by atoms with Crippen molar-refractivity contribution < 1.29 is 4.79 Å². The lowest BCUT2D eigenvalue weighted by Gasteiger charge is -2.11. The molecule has 1 N–H and O–H groups in total. The molecular formula is C14H18N2OS. The Labute approximate surface area is 113 Å². The molecule has 0 fully saturated rings. The summed E-state index contributed by atoms with van der Waals surface area (Å²) in [5.74, 6) is 1.19. The van der Waals surface area contributed by atoms with E-state index in [0.29, 0.717) is 17.1 Å². The van der Waals surface area contributed by atoms with Crippen molar-refractivity contribution in [1.29, 1.82) is 5.26 Å². The maximum atomic E-state index is 11.6. The SMILES string of the molecule is CC[C@H](C)NC(=O)CSCc1ccccc1C#N. The summed E-state index contributed by atoms with van der Waals surface area (Å²) in [6.07, 6.45) is 0.938. The Balaban J connectivity index is 2.38. The van der Waals surface area contributed by atoms with E-state index in [9.17, 15) is 4.79 Å². The molecule has 0 saturated heterocycles. The van der Waals surface area contributed by atoms with Gasteiger partial charge in [-0.2, -0.15) is 5.26 Å². The predicted octanol–water partition coefficient (Wildman–Crippen LogP) is 2.71. The van der Waals surface area contributed by atoms with Crippen LogP contribution in [-0.4, -0.2) is 17.7 Å². The van der Waals surface area contributed by atoms with Gasteiger partial charge < -0.3 is 5.32 Å². The number of hydrogen-bond acceptors (Lipinski definition) is 3. The second-order valence-corrected chi connectivity index (χ2v) is 5.12. The molecule has 0 heterocycles. The van der Waals surface area contributed by atoms with E-state index in [1.165, 1.54) is 11.8 Å². The third-order valence-corrected chi connectivity index (χ3v) is 3.63. The number of amides is 1. The minimum absolute atomic E-state index is 0.0591. The van der Waals surface area contributed by atoms with E-state index in [1.807, 2.05) is 32.0 Å². The minimum Gasteiger partial charge on any atom is -0.353 e. The third kappa shape index (κ3) is 4.80. The van der Waals surface area contributed by atoms with Crippen molar-refractivity contribution in [2.45, 2.75) is 32.1 Å². The van der Waals surface area contributed by atoms with Gasteiger partial charge in [0.1, 0.15) is 0 Å². The summed E-state index contributed by atoms with van der Waals surface area (Å²) in [5, 5.41) is 11.9. The highest BCUT2D eigenvalue weighted by atomic mass is 32.2. The van der Waals surface area contributed by atoms with Gasteiger partial charge in [-0.05, 0) is 25.0 Å². The smallest absolute Gasteiger partial charge is 0.230 e. The molecule has 3 nitrogen and oxygen atoms in total. The third-order valence-electron chi connectivity index (χ3n) is 2.65. The topological polar surface area (TPSA) is 52.9 Å². The molecule has 0 saturated carbocycles. The second kappa shape index (κ2) is 7.78. The van der Waals surface area contributed by atoms with Crippen LogP contribution in [0, 0.1) is 11.3 Å². The Morgan fingerprint density at radius 1 is 1.50 bits per heavy atom. The molecular weight excluding hydrogens is 244 g/mol. The van der Waals surface area contributed by atoms with Gasteiger partial charge in [-0.3, -0.25) is 4.79 Å². The lowest BCUT2D eigenvalue weighted by Crippen LogP contribution is -2.33. The van der Waals surface area contributed by atoms with Crippen molar-refractivity contribution in [2.24, 2.45) is 0 Å². The summed E-state index contributed by atoms with van der Waals surface area (Å²) in [4.78, 5) is 11.6. The molecule has 0 aliphatic carbocycles. The van der Waals surface area contributed by atoms with Gasteiger partial charge in [-0.25, -0.2) is 0 Å². The highest BCUT2D eigenvalue weighted by Gasteiger charge is 2.06. The number of carbonyl (C=O) groups excluding carboxylic acids is 1. The number of nitrogens with one attached hydrogen (secondary N) is 1. The van der Waals surface area contributed by atoms with Crippen molar-refractivity contribution in [3.05, 3.63) is 35.4 Å². The molecule has 1 aromatic rings. The van der Waals surface area contributed by atoms with E-state index in [2.05, 4.69) is 11.4 Å². The van der Waals surface area contributed by atoms with E-state index in [1.54, 1.807) is 6.07 Å². The highest BCUT2D eigenvalue weighted by Crippen LogP contribution is 2.15. The Morgan fingerprint density at radius 3 is 2.89 bits per heavy atom. The fourth-order valence-corrected chi connectivity index (χ4v) is 2.27. The summed E-state index contributed by atoms with van der Waals surface area (Å²) >= 11 is 1.53. The van der Waals surface area contributed by atoms with E-state index in [4.69, 9.17) is 5.26 Å². The summed E-state index contributed by atoms with van der Waals surface area (Å²) in [5.41, 5.74) is 1.67. The maximum absolute atomic E-state index is 11.6. The molecule has 0 unspecified atom stereocenters. The van der Waals surface area contributed by atoms with Gasteiger partial charge >= 0.3 is 0 Å². The molecule has 4 heteroatoms. The van der Waals surface area contributed by atoms with E-state index < -0.39 is 0 Å². The van der Waals surface area contributed by atoms with Gasteiger partial charge in [0.15, 0.2) is 0 Å². The normalized spacial score (nSPS) is 11.6. The van der Waals surface area contributed by atoms with Crippen LogP contribution in [0.4, 0.5) is 0 Å². The van der Waals surface area contributed by atoms with Crippen LogP contribution in [0.15, 0.2) is 24.3 Å². The summed E-state index contributed by atoms with van der Waals surface area (Å²) in [7, 11) is 0. The zero-order chi connectivity index (χ0) is 13.4. The van der Waals surface area contributed by atoms with E-state index in [0.717, 1.165) is 12.0 Å². The van der Waals surface area contributed by atoms with Crippen molar-refractivity contribution in [1.82, 2.24) is 5.32 Å². The molecule has 1 atom stereocenters. The van der Waals surface area contributed by atoms with E-state index in [-0.39, 0.29) is 11.9 Å². The molecule has 1 amide bonds. The summed E-state index contributed by atoms with van der Waals surface area (Å²) < 4.78 is 0. The number of nitrogens with zero attached hydrogens (tertiary/aromatic N) is 1. The van der Waals surface area contributed by atoms with Crippen molar-refractivity contribution >= 4 is 17.7 Å². The number of benzene rings is 1. The molecule has 1 aromatic carbocycles. The lowest BCUT2D eigenvalue weighted by atomic mass is 10.1. The standard InChI is InChI=1S/C14H18N2OS/c1-3-11(2)16-14(17)10-18-9-13-7-5-4-6-12(13)8-15/h4-7,11H,3,9-10H2,1-2H3,(H,16,17)/t11-/m0/s1. The lowest BCUT2D eigenvalue weighted by molar-refractivity contribution is -0.119. The quantitative estimate of drug-likeness (QED) is 0.857. The Morgan fingerprint density at radius 2 is 2.22 bits per heavy atom. The van der Waals surface area contributed by atoms with Crippen LogP contribution in [0.5, 0.6) is 0 Å². The zero-order valence-electron chi connectivity index (χ0n) is 10.8. The van der Waals surface area contributed by atoms with Crippen molar-refractivity contribution in [3.8, 4) is 6.07 Å². The van der Waals surface area contributed by atoms with Crippen LogP contribution < -0.4 is 5.32 Å². The number of nitriles is 1. The van der Waals surface area contributed by atoms with E-state index >= 15 is 0 Å². The average molecular weight is 262 g/mol. The van der Waals surface area contributed by atoms with Crippen LogP contribution >= 0.6 is 11.8 Å². The van der Waals surface area contributed by atoms with Crippen LogP contribution in [-0.2, 0) is 10.5 Å². The molecule has 1 rings (SSSR count). The average Bonchev–Trinajstić information content (AvgIpc) is 2.39. The van der Waals surface area contributed by atoms with Crippen LogP contribution in [0.25, 0.3) is 0 Å². The largest absolute Gasteiger partial charge is 0.353 e. The Kier molecular flexibility index (Phi) is 6.31. The Bertz CT molecular complexity index is 440. The monoisotopic (exact) mass is 262 g/mol. The minimum atomic E-state index is 0.0591. The first kappa shape index (κ1) is 14.6. The van der Waals surface area contributed by atoms with Gasteiger partial charge in [0.25, 0.3) is 0 Å². The fourth-order valence-electron chi connectivity index (χ4n) is 1.43. The van der Waals surface area contributed by atoms with Gasteiger partial charge in [-0.15, -0.1) is 11.8 Å². The fraction of sp³-hybridized carbons (Fsp3) is 0.429.